The number of rotatable bonds is 9. The Kier molecular flexibility index (Phi) is 7.54. The van der Waals surface area contributed by atoms with Crippen molar-refractivity contribution >= 4 is 7.60 Å². The van der Waals surface area contributed by atoms with Crippen molar-refractivity contribution in [2.75, 3.05) is 26.3 Å². The highest BCUT2D eigenvalue weighted by Crippen LogP contribution is 2.50. The predicted molar refractivity (Wildman–Crippen MR) is 67.1 cm³/mol. The van der Waals surface area contributed by atoms with Gasteiger partial charge in [0.1, 0.15) is 11.4 Å². The van der Waals surface area contributed by atoms with Gasteiger partial charge in [0.05, 0.1) is 13.2 Å². The second kappa shape index (κ2) is 7.55. The molecule has 0 aromatic rings. The second-order valence-electron chi connectivity index (χ2n) is 4.18. The first-order valence-electron chi connectivity index (χ1n) is 6.02. The van der Waals surface area contributed by atoms with E-state index in [-0.39, 0.29) is 39.1 Å². The molecular weight excluding hydrogens is 261 g/mol. The van der Waals surface area contributed by atoms with Crippen LogP contribution in [0.5, 0.6) is 0 Å². The highest BCUT2D eigenvalue weighted by Gasteiger charge is 2.48. The van der Waals surface area contributed by atoms with Crippen molar-refractivity contribution in [3.63, 3.8) is 0 Å². The van der Waals surface area contributed by atoms with Crippen molar-refractivity contribution in [3.8, 4) is 0 Å². The molecule has 0 aliphatic heterocycles. The van der Waals surface area contributed by atoms with Gasteiger partial charge in [-0.25, -0.2) is 0 Å². The number of aliphatic hydroxyl groups is 3. The van der Waals surface area contributed by atoms with Crippen LogP contribution in [0.3, 0.4) is 0 Å². The fourth-order valence-electron chi connectivity index (χ4n) is 2.24. The maximum Gasteiger partial charge on any atom is 0.332 e. The summed E-state index contributed by atoms with van der Waals surface area (Å²) >= 11 is 0. The zero-order valence-corrected chi connectivity index (χ0v) is 11.8. The maximum absolute atomic E-state index is 11.5. The van der Waals surface area contributed by atoms with Gasteiger partial charge in [-0.05, 0) is 12.8 Å². The van der Waals surface area contributed by atoms with Crippen LogP contribution in [0, 0.1) is 0 Å². The van der Waals surface area contributed by atoms with E-state index in [1.807, 2.05) is 0 Å². The molecule has 8 heteroatoms. The Morgan fingerprint density at radius 1 is 1.17 bits per heavy atom. The maximum atomic E-state index is 11.5. The molecular formula is C10H24NO6P. The number of hydrogen-bond acceptors (Lipinski definition) is 5. The van der Waals surface area contributed by atoms with E-state index in [2.05, 4.69) is 0 Å². The SMILES string of the molecule is CCC(C(O)(CC)N(CCO)CCO)P(=O)(O)O. The Labute approximate surface area is 107 Å². The van der Waals surface area contributed by atoms with E-state index in [9.17, 15) is 19.5 Å². The molecule has 7 nitrogen and oxygen atoms in total. The van der Waals surface area contributed by atoms with Gasteiger partial charge in [-0.1, -0.05) is 13.8 Å². The Hall–Kier alpha value is -0.0100. The number of hydrogen-bond donors (Lipinski definition) is 5. The molecule has 18 heavy (non-hydrogen) atoms. The predicted octanol–water partition coefficient (Wildman–Crippen LogP) is -0.672. The van der Waals surface area contributed by atoms with Gasteiger partial charge in [-0.3, -0.25) is 9.46 Å². The van der Waals surface area contributed by atoms with Crippen LogP contribution in [0.25, 0.3) is 0 Å². The third-order valence-corrected chi connectivity index (χ3v) is 4.72. The summed E-state index contributed by atoms with van der Waals surface area (Å²) in [5.41, 5.74) is -2.98. The Balaban J connectivity index is 5.32. The van der Waals surface area contributed by atoms with Crippen molar-refractivity contribution in [3.05, 3.63) is 0 Å². The lowest BCUT2D eigenvalue weighted by Crippen LogP contribution is -2.57. The average Bonchev–Trinajstić information content (AvgIpc) is 2.27. The lowest BCUT2D eigenvalue weighted by molar-refractivity contribution is -0.125. The highest BCUT2D eigenvalue weighted by molar-refractivity contribution is 7.52. The van der Waals surface area contributed by atoms with Crippen LogP contribution in [0.4, 0.5) is 0 Å². The Bertz CT molecular complexity index is 278. The van der Waals surface area contributed by atoms with E-state index < -0.39 is 19.0 Å². The first kappa shape index (κ1) is 18.0. The van der Waals surface area contributed by atoms with Crippen LogP contribution >= 0.6 is 7.60 Å². The zero-order valence-electron chi connectivity index (χ0n) is 10.9. The molecule has 5 N–H and O–H groups in total. The first-order valence-corrected chi connectivity index (χ1v) is 7.70. The van der Waals surface area contributed by atoms with E-state index in [0.717, 1.165) is 0 Å². The molecule has 0 rings (SSSR count). The van der Waals surface area contributed by atoms with Gasteiger partial charge in [0.2, 0.25) is 0 Å². The molecule has 110 valence electrons. The quantitative estimate of drug-likeness (QED) is 0.281. The molecule has 0 aromatic carbocycles. The topological polar surface area (TPSA) is 121 Å². The molecule has 0 heterocycles. The summed E-state index contributed by atoms with van der Waals surface area (Å²) < 4.78 is 11.5. The Morgan fingerprint density at radius 2 is 1.61 bits per heavy atom. The van der Waals surface area contributed by atoms with E-state index in [1.165, 1.54) is 4.90 Å². The second-order valence-corrected chi connectivity index (χ2v) is 5.98. The van der Waals surface area contributed by atoms with Crippen molar-refractivity contribution in [1.82, 2.24) is 4.90 Å². The third-order valence-electron chi connectivity index (χ3n) is 3.13. The minimum atomic E-state index is -4.47. The summed E-state index contributed by atoms with van der Waals surface area (Å²) in [6, 6.07) is 0. The van der Waals surface area contributed by atoms with E-state index in [1.54, 1.807) is 13.8 Å². The van der Waals surface area contributed by atoms with Gasteiger partial charge in [-0.15, -0.1) is 0 Å². The fraction of sp³-hybridized carbons (Fsp3) is 1.00. The van der Waals surface area contributed by atoms with E-state index in [0.29, 0.717) is 0 Å². The summed E-state index contributed by atoms with van der Waals surface area (Å²) in [7, 11) is -4.47. The van der Waals surface area contributed by atoms with Gasteiger partial charge in [0, 0.05) is 13.1 Å². The average molecular weight is 285 g/mol. The fourth-order valence-corrected chi connectivity index (χ4v) is 3.60. The van der Waals surface area contributed by atoms with Gasteiger partial charge in [-0.2, -0.15) is 0 Å². The minimum Gasteiger partial charge on any atom is -0.395 e. The van der Waals surface area contributed by atoms with Gasteiger partial charge >= 0.3 is 7.60 Å². The van der Waals surface area contributed by atoms with Crippen LogP contribution in [0.1, 0.15) is 26.7 Å². The highest BCUT2D eigenvalue weighted by atomic mass is 31.2. The molecule has 0 amide bonds. The Morgan fingerprint density at radius 3 is 1.83 bits per heavy atom. The summed E-state index contributed by atoms with van der Waals surface area (Å²) in [6.07, 6.45) is 0.193. The molecule has 0 radical (unpaired) electrons. The zero-order chi connectivity index (χ0) is 14.4. The van der Waals surface area contributed by atoms with Crippen LogP contribution in [-0.2, 0) is 4.57 Å². The van der Waals surface area contributed by atoms with Crippen LogP contribution < -0.4 is 0 Å². The minimum absolute atomic E-state index is 0.0431. The largest absolute Gasteiger partial charge is 0.395 e. The molecule has 2 unspecified atom stereocenters. The molecule has 0 bridgehead atoms. The number of aliphatic hydroxyl groups excluding tert-OH is 2. The molecule has 0 spiro atoms. The van der Waals surface area contributed by atoms with Gasteiger partial charge < -0.3 is 25.1 Å². The van der Waals surface area contributed by atoms with Gasteiger partial charge in [0.15, 0.2) is 0 Å². The van der Waals surface area contributed by atoms with Crippen LogP contribution in [-0.4, -0.2) is 67.7 Å². The summed E-state index contributed by atoms with van der Waals surface area (Å²) in [4.78, 5) is 20.0. The molecule has 2 atom stereocenters. The molecule has 0 aliphatic rings. The molecule has 0 saturated carbocycles. The third kappa shape index (κ3) is 4.28. The first-order chi connectivity index (χ1) is 8.27. The summed E-state index contributed by atoms with van der Waals surface area (Å²) in [5.74, 6) is 0. The van der Waals surface area contributed by atoms with E-state index >= 15 is 0 Å². The van der Waals surface area contributed by atoms with Crippen LogP contribution in [0.2, 0.25) is 0 Å². The smallest absolute Gasteiger partial charge is 0.332 e. The standard InChI is InChI=1S/C10H24NO6P/c1-3-9(18(15,16)17)10(14,4-2)11(5-7-12)6-8-13/h9,12-14H,3-8H2,1-2H3,(H2,15,16,17). The van der Waals surface area contributed by atoms with E-state index in [4.69, 9.17) is 10.2 Å². The van der Waals surface area contributed by atoms with Gasteiger partial charge in [0.25, 0.3) is 0 Å². The molecule has 0 aromatic heterocycles. The molecule has 0 saturated heterocycles. The molecule has 0 fully saturated rings. The van der Waals surface area contributed by atoms with Crippen molar-refractivity contribution < 1.29 is 29.7 Å². The summed E-state index contributed by atoms with van der Waals surface area (Å²) in [6.45, 7) is 2.75. The normalized spacial score (nSPS) is 17.8. The number of nitrogens with zero attached hydrogens (tertiary/aromatic N) is 1. The summed E-state index contributed by atoms with van der Waals surface area (Å²) in [5, 5.41) is 28.5. The monoisotopic (exact) mass is 285 g/mol. The molecule has 0 aliphatic carbocycles. The lowest BCUT2D eigenvalue weighted by atomic mass is 10.0. The lowest BCUT2D eigenvalue weighted by Gasteiger charge is -2.43. The van der Waals surface area contributed by atoms with Crippen molar-refractivity contribution in [2.45, 2.75) is 38.1 Å². The van der Waals surface area contributed by atoms with Crippen molar-refractivity contribution in [1.29, 1.82) is 0 Å². The van der Waals surface area contributed by atoms with Crippen molar-refractivity contribution in [2.24, 2.45) is 0 Å². The van der Waals surface area contributed by atoms with Crippen LogP contribution in [0.15, 0.2) is 0 Å².